The zero-order chi connectivity index (χ0) is 10.8. The van der Waals surface area contributed by atoms with Crippen LogP contribution < -0.4 is 0 Å². The molecule has 0 saturated heterocycles. The second-order valence-electron chi connectivity index (χ2n) is 3.20. The van der Waals surface area contributed by atoms with Gasteiger partial charge in [0.1, 0.15) is 0 Å². The molecule has 0 atom stereocenters. The Morgan fingerprint density at radius 3 is 2.93 bits per heavy atom. The number of thioether (sulfide) groups is 1. The number of carboxylic acid groups (broad SMARTS) is 1. The minimum absolute atomic E-state index is 0.357. The van der Waals surface area contributed by atoms with Gasteiger partial charge in [-0.2, -0.15) is 11.8 Å². The van der Waals surface area contributed by atoms with Crippen LogP contribution in [-0.4, -0.2) is 17.3 Å². The van der Waals surface area contributed by atoms with E-state index in [9.17, 15) is 4.79 Å². The molecule has 2 rings (SSSR count). The molecule has 0 unspecified atom stereocenters. The van der Waals surface area contributed by atoms with Gasteiger partial charge in [0.15, 0.2) is 0 Å². The third-order valence-electron chi connectivity index (χ3n) is 2.10. The third kappa shape index (κ3) is 2.16. The molecule has 4 heteroatoms. The summed E-state index contributed by atoms with van der Waals surface area (Å²) in [5.74, 6) is 0.122. The molecule has 1 heterocycles. The quantitative estimate of drug-likeness (QED) is 0.889. The monoisotopic (exact) mass is 238 g/mol. The molecule has 2 aromatic rings. The van der Waals surface area contributed by atoms with Crippen molar-refractivity contribution in [2.24, 2.45) is 0 Å². The predicted molar refractivity (Wildman–Crippen MR) is 66.0 cm³/mol. The van der Waals surface area contributed by atoms with Gasteiger partial charge >= 0.3 is 5.97 Å². The van der Waals surface area contributed by atoms with Crippen LogP contribution >= 0.6 is 23.1 Å². The highest BCUT2D eigenvalue weighted by atomic mass is 32.2. The number of hydrogen-bond donors (Lipinski definition) is 1. The molecule has 0 amide bonds. The van der Waals surface area contributed by atoms with Crippen LogP contribution in [0.3, 0.4) is 0 Å². The molecule has 1 aromatic carbocycles. The van der Waals surface area contributed by atoms with E-state index in [1.807, 2.05) is 6.07 Å². The Bertz CT molecular complexity index is 502. The normalized spacial score (nSPS) is 10.7. The summed E-state index contributed by atoms with van der Waals surface area (Å²) in [6, 6.07) is 7.35. The van der Waals surface area contributed by atoms with Gasteiger partial charge in [-0.3, -0.25) is 0 Å². The highest BCUT2D eigenvalue weighted by Gasteiger charge is 2.06. The molecule has 0 spiro atoms. The number of fused-ring (bicyclic) bond motifs is 1. The number of aromatic carboxylic acids is 1. The maximum absolute atomic E-state index is 10.8. The van der Waals surface area contributed by atoms with E-state index in [0.717, 1.165) is 15.8 Å². The van der Waals surface area contributed by atoms with E-state index < -0.39 is 5.97 Å². The molecule has 2 nitrogen and oxygen atoms in total. The van der Waals surface area contributed by atoms with Crippen LogP contribution in [0.25, 0.3) is 10.1 Å². The number of hydrogen-bond acceptors (Lipinski definition) is 3. The second-order valence-corrected chi connectivity index (χ2v) is 5.24. The maximum atomic E-state index is 10.8. The fraction of sp³-hybridized carbons (Fsp3) is 0.182. The lowest BCUT2D eigenvalue weighted by Gasteiger charge is -1.92. The van der Waals surface area contributed by atoms with Gasteiger partial charge in [-0.25, -0.2) is 4.79 Å². The summed E-state index contributed by atoms with van der Waals surface area (Å²) < 4.78 is 1.16. The number of carbonyl (C=O) groups is 1. The summed E-state index contributed by atoms with van der Waals surface area (Å²) in [6.07, 6.45) is 2.06. The van der Waals surface area contributed by atoms with Crippen molar-refractivity contribution in [2.45, 2.75) is 5.75 Å². The van der Waals surface area contributed by atoms with Crippen molar-refractivity contribution in [1.82, 2.24) is 0 Å². The molecule has 1 aromatic heterocycles. The number of benzene rings is 1. The Balaban J connectivity index is 2.47. The summed E-state index contributed by atoms with van der Waals surface area (Å²) in [6.45, 7) is 0. The van der Waals surface area contributed by atoms with E-state index in [1.54, 1.807) is 35.2 Å². The molecule has 0 bridgehead atoms. The first-order valence-electron chi connectivity index (χ1n) is 4.45. The van der Waals surface area contributed by atoms with Gasteiger partial charge in [-0.1, -0.05) is 0 Å². The highest BCUT2D eigenvalue weighted by molar-refractivity contribution is 7.97. The van der Waals surface area contributed by atoms with Crippen molar-refractivity contribution in [1.29, 1.82) is 0 Å². The fourth-order valence-electron chi connectivity index (χ4n) is 1.44. The molecule has 0 radical (unpaired) electrons. The molecule has 1 N–H and O–H groups in total. The first kappa shape index (κ1) is 10.5. The van der Waals surface area contributed by atoms with E-state index in [0.29, 0.717) is 5.56 Å². The Morgan fingerprint density at radius 1 is 1.47 bits per heavy atom. The van der Waals surface area contributed by atoms with E-state index in [1.165, 1.54) is 4.88 Å². The average molecular weight is 238 g/mol. The van der Waals surface area contributed by atoms with Gasteiger partial charge in [0, 0.05) is 15.3 Å². The summed E-state index contributed by atoms with van der Waals surface area (Å²) in [4.78, 5) is 12.1. The molecule has 0 fully saturated rings. The predicted octanol–water partition coefficient (Wildman–Crippen LogP) is 3.46. The lowest BCUT2D eigenvalue weighted by atomic mass is 10.2. The highest BCUT2D eigenvalue weighted by Crippen LogP contribution is 2.28. The summed E-state index contributed by atoms with van der Waals surface area (Å²) >= 11 is 3.50. The van der Waals surface area contributed by atoms with E-state index in [4.69, 9.17) is 5.11 Å². The van der Waals surface area contributed by atoms with Crippen molar-refractivity contribution in [3.8, 4) is 0 Å². The number of rotatable bonds is 3. The molecule has 0 aliphatic heterocycles. The van der Waals surface area contributed by atoms with Crippen molar-refractivity contribution < 1.29 is 9.90 Å². The zero-order valence-corrected chi connectivity index (χ0v) is 9.82. The van der Waals surface area contributed by atoms with Crippen LogP contribution in [-0.2, 0) is 5.75 Å². The first-order chi connectivity index (χ1) is 7.20. The molecule has 15 heavy (non-hydrogen) atoms. The smallest absolute Gasteiger partial charge is 0.335 e. The lowest BCUT2D eigenvalue weighted by molar-refractivity contribution is 0.0697. The van der Waals surface area contributed by atoms with Gasteiger partial charge in [0.05, 0.1) is 5.56 Å². The summed E-state index contributed by atoms with van der Waals surface area (Å²) in [5, 5.41) is 9.89. The Hall–Kier alpha value is -1.00. The van der Waals surface area contributed by atoms with E-state index in [2.05, 4.69) is 12.3 Å². The standard InChI is InChI=1S/C11H10O2S2/c1-14-6-9-5-8-4-7(11(12)13)2-3-10(8)15-9/h2-5H,6H2,1H3,(H,12,13). The van der Waals surface area contributed by atoms with Crippen molar-refractivity contribution in [3.05, 3.63) is 34.7 Å². The van der Waals surface area contributed by atoms with Crippen LogP contribution in [0.5, 0.6) is 0 Å². The Morgan fingerprint density at radius 2 is 2.27 bits per heavy atom. The van der Waals surface area contributed by atoms with Crippen molar-refractivity contribution >= 4 is 39.2 Å². The average Bonchev–Trinajstić information content (AvgIpc) is 2.59. The van der Waals surface area contributed by atoms with Gasteiger partial charge in [0.2, 0.25) is 0 Å². The third-order valence-corrected chi connectivity index (χ3v) is 4.00. The van der Waals surface area contributed by atoms with Crippen LogP contribution in [0, 0.1) is 0 Å². The zero-order valence-electron chi connectivity index (χ0n) is 8.19. The number of thiophene rings is 1. The molecule has 0 saturated carbocycles. The SMILES string of the molecule is CSCc1cc2cc(C(=O)O)ccc2s1. The Kier molecular flexibility index (Phi) is 2.98. The summed E-state index contributed by atoms with van der Waals surface area (Å²) in [5.41, 5.74) is 0.357. The van der Waals surface area contributed by atoms with Crippen LogP contribution in [0.1, 0.15) is 15.2 Å². The van der Waals surface area contributed by atoms with Gasteiger partial charge in [-0.05, 0) is 35.9 Å². The molecule has 0 aliphatic carbocycles. The van der Waals surface area contributed by atoms with E-state index in [-0.39, 0.29) is 0 Å². The topological polar surface area (TPSA) is 37.3 Å². The van der Waals surface area contributed by atoms with Gasteiger partial charge in [-0.15, -0.1) is 11.3 Å². The first-order valence-corrected chi connectivity index (χ1v) is 6.66. The molecule has 0 aliphatic rings. The maximum Gasteiger partial charge on any atom is 0.335 e. The van der Waals surface area contributed by atoms with Crippen LogP contribution in [0.2, 0.25) is 0 Å². The summed E-state index contributed by atoms with van der Waals surface area (Å²) in [7, 11) is 0. The number of carboxylic acids is 1. The fourth-order valence-corrected chi connectivity index (χ4v) is 3.24. The van der Waals surface area contributed by atoms with Crippen LogP contribution in [0.15, 0.2) is 24.3 Å². The van der Waals surface area contributed by atoms with Crippen molar-refractivity contribution in [3.63, 3.8) is 0 Å². The largest absolute Gasteiger partial charge is 0.478 e. The van der Waals surface area contributed by atoms with Gasteiger partial charge in [0.25, 0.3) is 0 Å². The molecular formula is C11H10O2S2. The Labute approximate surface area is 95.9 Å². The molecular weight excluding hydrogens is 228 g/mol. The van der Waals surface area contributed by atoms with Gasteiger partial charge < -0.3 is 5.11 Å². The van der Waals surface area contributed by atoms with E-state index >= 15 is 0 Å². The van der Waals surface area contributed by atoms with Crippen molar-refractivity contribution in [2.75, 3.05) is 6.26 Å². The second kappa shape index (κ2) is 4.24. The lowest BCUT2D eigenvalue weighted by Crippen LogP contribution is -1.94. The minimum Gasteiger partial charge on any atom is -0.478 e. The minimum atomic E-state index is -0.866. The van der Waals surface area contributed by atoms with Crippen LogP contribution in [0.4, 0.5) is 0 Å². The molecule has 78 valence electrons.